The zero-order valence-corrected chi connectivity index (χ0v) is 10.5. The van der Waals surface area contributed by atoms with Gasteiger partial charge >= 0.3 is 12.4 Å². The summed E-state index contributed by atoms with van der Waals surface area (Å²) in [5, 5.41) is -1.74. The van der Waals surface area contributed by atoms with Gasteiger partial charge in [0.15, 0.2) is 0 Å². The van der Waals surface area contributed by atoms with Gasteiger partial charge in [0.05, 0.1) is 11.3 Å². The van der Waals surface area contributed by atoms with Crippen molar-refractivity contribution in [1.29, 1.82) is 0 Å². The van der Waals surface area contributed by atoms with Gasteiger partial charge in [0, 0.05) is 4.47 Å². The first-order valence-electron chi connectivity index (χ1n) is 4.20. The Labute approximate surface area is 111 Å². The first-order chi connectivity index (χ1) is 8.01. The molecule has 0 aliphatic rings. The standard InChI is InChI=1S/C9H3BrClF6N/c10-6-2-1-4(3-5(6)8(12,13)14)18-7(11)9(15,16)17/h1-3H. The van der Waals surface area contributed by atoms with Crippen LogP contribution in [0.1, 0.15) is 5.56 Å². The number of rotatable bonds is 1. The minimum Gasteiger partial charge on any atom is -0.232 e. The van der Waals surface area contributed by atoms with E-state index in [4.69, 9.17) is 11.6 Å². The normalized spacial score (nSPS) is 13.9. The van der Waals surface area contributed by atoms with E-state index in [1.54, 1.807) is 0 Å². The quantitative estimate of drug-likeness (QED) is 0.479. The predicted molar refractivity (Wildman–Crippen MR) is 58.1 cm³/mol. The van der Waals surface area contributed by atoms with E-state index in [-0.39, 0.29) is 4.47 Å². The lowest BCUT2D eigenvalue weighted by atomic mass is 10.2. The van der Waals surface area contributed by atoms with E-state index >= 15 is 0 Å². The molecular weight excluding hydrogens is 351 g/mol. The Morgan fingerprint density at radius 1 is 1.11 bits per heavy atom. The van der Waals surface area contributed by atoms with Crippen LogP contribution in [0, 0.1) is 0 Å². The van der Waals surface area contributed by atoms with Crippen LogP contribution in [-0.4, -0.2) is 11.3 Å². The minimum atomic E-state index is -4.90. The Morgan fingerprint density at radius 3 is 2.11 bits per heavy atom. The van der Waals surface area contributed by atoms with Gasteiger partial charge in [0.2, 0.25) is 5.17 Å². The van der Waals surface area contributed by atoms with E-state index in [9.17, 15) is 26.3 Å². The van der Waals surface area contributed by atoms with Crippen LogP contribution in [0.3, 0.4) is 0 Å². The Kier molecular flexibility index (Phi) is 4.32. The summed E-state index contributed by atoms with van der Waals surface area (Å²) in [6.45, 7) is 0. The number of alkyl halides is 6. The summed E-state index contributed by atoms with van der Waals surface area (Å²) in [5.74, 6) is 0. The van der Waals surface area contributed by atoms with E-state index in [2.05, 4.69) is 20.9 Å². The zero-order chi connectivity index (χ0) is 14.1. The van der Waals surface area contributed by atoms with Gasteiger partial charge < -0.3 is 0 Å². The van der Waals surface area contributed by atoms with E-state index in [0.29, 0.717) is 6.07 Å². The molecule has 0 aliphatic heterocycles. The molecular formula is C9H3BrClF6N. The summed E-state index contributed by atoms with van der Waals surface area (Å²) in [7, 11) is 0. The molecule has 0 spiro atoms. The lowest BCUT2D eigenvalue weighted by molar-refractivity contribution is -0.138. The lowest BCUT2D eigenvalue weighted by Crippen LogP contribution is -2.16. The highest BCUT2D eigenvalue weighted by Crippen LogP contribution is 2.37. The van der Waals surface area contributed by atoms with Gasteiger partial charge in [-0.2, -0.15) is 26.3 Å². The third-order valence-electron chi connectivity index (χ3n) is 1.72. The number of hydrogen-bond acceptors (Lipinski definition) is 1. The predicted octanol–water partition coefficient (Wildman–Crippen LogP) is 5.30. The number of aliphatic imine (C=N–C) groups is 1. The summed E-state index contributed by atoms with van der Waals surface area (Å²) in [6.07, 6.45) is -9.60. The van der Waals surface area contributed by atoms with Crippen LogP contribution in [-0.2, 0) is 6.18 Å². The van der Waals surface area contributed by atoms with Crippen molar-refractivity contribution in [3.05, 3.63) is 28.2 Å². The molecule has 0 bridgehead atoms. The molecule has 0 saturated heterocycles. The summed E-state index contributed by atoms with van der Waals surface area (Å²) in [4.78, 5) is 2.88. The molecule has 0 saturated carbocycles. The maximum atomic E-state index is 12.5. The molecule has 9 heteroatoms. The molecule has 1 rings (SSSR count). The van der Waals surface area contributed by atoms with Crippen LogP contribution in [0.5, 0.6) is 0 Å². The van der Waals surface area contributed by atoms with Crippen molar-refractivity contribution < 1.29 is 26.3 Å². The van der Waals surface area contributed by atoms with E-state index in [1.165, 1.54) is 0 Å². The molecule has 0 atom stereocenters. The van der Waals surface area contributed by atoms with Crippen LogP contribution < -0.4 is 0 Å². The summed E-state index contributed by atoms with van der Waals surface area (Å²) >= 11 is 7.48. The number of hydrogen-bond donors (Lipinski definition) is 0. The first kappa shape index (κ1) is 15.3. The van der Waals surface area contributed by atoms with Crippen LogP contribution in [0.4, 0.5) is 32.0 Å². The molecule has 0 heterocycles. The highest BCUT2D eigenvalue weighted by atomic mass is 79.9. The SMILES string of the molecule is FC(F)(F)C(Cl)=Nc1ccc(Br)c(C(F)(F)F)c1. The van der Waals surface area contributed by atoms with Gasteiger partial charge in [-0.1, -0.05) is 27.5 Å². The average molecular weight is 354 g/mol. The molecule has 1 aromatic rings. The van der Waals surface area contributed by atoms with Crippen molar-refractivity contribution in [1.82, 2.24) is 0 Å². The second kappa shape index (κ2) is 5.08. The summed E-state index contributed by atoms with van der Waals surface area (Å²) in [5.41, 5.74) is -1.66. The Balaban J connectivity index is 3.23. The van der Waals surface area contributed by atoms with Gasteiger partial charge in [-0.15, -0.1) is 0 Å². The zero-order valence-electron chi connectivity index (χ0n) is 8.20. The van der Waals surface area contributed by atoms with Crippen LogP contribution >= 0.6 is 27.5 Å². The highest BCUT2D eigenvalue weighted by Gasteiger charge is 2.35. The van der Waals surface area contributed by atoms with Crippen LogP contribution in [0.25, 0.3) is 0 Å². The van der Waals surface area contributed by atoms with Crippen molar-refractivity contribution >= 4 is 38.4 Å². The number of halogens is 8. The van der Waals surface area contributed by atoms with Crippen molar-refractivity contribution in [3.63, 3.8) is 0 Å². The largest absolute Gasteiger partial charge is 0.444 e. The fourth-order valence-corrected chi connectivity index (χ4v) is 1.55. The molecule has 100 valence electrons. The maximum absolute atomic E-state index is 12.5. The fourth-order valence-electron chi connectivity index (χ4n) is 0.977. The Bertz CT molecular complexity index is 479. The molecule has 0 aromatic heterocycles. The molecule has 0 N–H and O–H groups in total. The first-order valence-corrected chi connectivity index (χ1v) is 5.37. The van der Waals surface area contributed by atoms with Gasteiger partial charge in [-0.05, 0) is 18.2 Å². The monoisotopic (exact) mass is 353 g/mol. The molecule has 0 unspecified atom stereocenters. The molecule has 18 heavy (non-hydrogen) atoms. The third kappa shape index (κ3) is 3.88. The van der Waals surface area contributed by atoms with Crippen LogP contribution in [0.2, 0.25) is 0 Å². The molecule has 0 fully saturated rings. The Hall–Kier alpha value is -0.760. The van der Waals surface area contributed by atoms with Crippen molar-refractivity contribution in [2.45, 2.75) is 12.4 Å². The summed E-state index contributed by atoms with van der Waals surface area (Å²) in [6, 6.07) is 2.40. The molecule has 0 radical (unpaired) electrons. The van der Waals surface area contributed by atoms with Crippen LogP contribution in [0.15, 0.2) is 27.7 Å². The van der Waals surface area contributed by atoms with E-state index in [0.717, 1.165) is 12.1 Å². The molecule has 1 aromatic carbocycles. The van der Waals surface area contributed by atoms with E-state index < -0.39 is 28.8 Å². The smallest absolute Gasteiger partial charge is 0.232 e. The van der Waals surface area contributed by atoms with Gasteiger partial charge in [0.1, 0.15) is 0 Å². The topological polar surface area (TPSA) is 12.4 Å². The second-order valence-electron chi connectivity index (χ2n) is 3.06. The highest BCUT2D eigenvalue weighted by molar-refractivity contribution is 9.10. The van der Waals surface area contributed by atoms with Crippen molar-refractivity contribution in [2.75, 3.05) is 0 Å². The second-order valence-corrected chi connectivity index (χ2v) is 4.27. The average Bonchev–Trinajstić information content (AvgIpc) is 2.17. The minimum absolute atomic E-state index is 0.294. The van der Waals surface area contributed by atoms with Crippen molar-refractivity contribution in [3.8, 4) is 0 Å². The molecule has 0 amide bonds. The molecule has 1 nitrogen and oxygen atoms in total. The van der Waals surface area contributed by atoms with Gasteiger partial charge in [-0.25, -0.2) is 4.99 Å². The van der Waals surface area contributed by atoms with Gasteiger partial charge in [-0.3, -0.25) is 0 Å². The Morgan fingerprint density at radius 2 is 1.67 bits per heavy atom. The number of nitrogens with zero attached hydrogens (tertiary/aromatic N) is 1. The lowest BCUT2D eigenvalue weighted by Gasteiger charge is -2.10. The third-order valence-corrected chi connectivity index (χ3v) is 2.71. The maximum Gasteiger partial charge on any atom is 0.444 e. The fraction of sp³-hybridized carbons (Fsp3) is 0.222. The number of benzene rings is 1. The van der Waals surface area contributed by atoms with Crippen molar-refractivity contribution in [2.24, 2.45) is 4.99 Å². The molecule has 0 aliphatic carbocycles. The van der Waals surface area contributed by atoms with Gasteiger partial charge in [0.25, 0.3) is 0 Å². The summed E-state index contributed by atoms with van der Waals surface area (Å²) < 4.78 is 73.3. The van der Waals surface area contributed by atoms with E-state index in [1.807, 2.05) is 0 Å².